The van der Waals surface area contributed by atoms with Gasteiger partial charge in [-0.05, 0) is 39.2 Å². The second-order valence-electron chi connectivity index (χ2n) is 5.02. The molecule has 1 aliphatic heterocycles. The van der Waals surface area contributed by atoms with Crippen molar-refractivity contribution in [2.75, 3.05) is 46.6 Å². The van der Waals surface area contributed by atoms with E-state index in [0.29, 0.717) is 13.2 Å². The molecule has 1 unspecified atom stereocenters. The van der Waals surface area contributed by atoms with E-state index in [1.54, 1.807) is 7.11 Å². The Bertz CT molecular complexity index is 243. The smallest absolute Gasteiger partial charge is 0.239 e. The summed E-state index contributed by atoms with van der Waals surface area (Å²) in [6.45, 7) is 6.76. The fourth-order valence-corrected chi connectivity index (χ4v) is 2.19. The quantitative estimate of drug-likeness (QED) is 0.604. The van der Waals surface area contributed by atoms with Gasteiger partial charge in [0.15, 0.2) is 0 Å². The minimum atomic E-state index is -0.0625. The third kappa shape index (κ3) is 6.89. The average molecular weight is 272 g/mol. The van der Waals surface area contributed by atoms with Gasteiger partial charge < -0.3 is 19.7 Å². The Balaban J connectivity index is 1.94. The number of hydrogen-bond donors (Lipinski definition) is 1. The number of likely N-dealkylation sites (tertiary alicyclic amines) is 1. The highest BCUT2D eigenvalue weighted by Gasteiger charge is 2.22. The van der Waals surface area contributed by atoms with Crippen molar-refractivity contribution in [3.63, 3.8) is 0 Å². The van der Waals surface area contributed by atoms with Gasteiger partial charge in [0, 0.05) is 26.8 Å². The minimum absolute atomic E-state index is 0.0625. The van der Waals surface area contributed by atoms with Crippen molar-refractivity contribution in [2.45, 2.75) is 38.6 Å². The Labute approximate surface area is 116 Å². The molecule has 5 heteroatoms. The normalized spacial score (nSPS) is 16.8. The second kappa shape index (κ2) is 10.2. The zero-order valence-electron chi connectivity index (χ0n) is 12.3. The molecule has 1 heterocycles. The molecule has 0 bridgehead atoms. The lowest BCUT2D eigenvalue weighted by Crippen LogP contribution is -2.43. The van der Waals surface area contributed by atoms with Gasteiger partial charge in [0.25, 0.3) is 0 Å². The highest BCUT2D eigenvalue weighted by Crippen LogP contribution is 2.08. The second-order valence-corrected chi connectivity index (χ2v) is 5.02. The van der Waals surface area contributed by atoms with E-state index in [1.165, 1.54) is 0 Å². The van der Waals surface area contributed by atoms with Crippen LogP contribution in [0, 0.1) is 0 Å². The summed E-state index contributed by atoms with van der Waals surface area (Å²) in [7, 11) is 1.67. The molecule has 0 aromatic rings. The molecule has 1 saturated heterocycles. The topological polar surface area (TPSA) is 50.8 Å². The molecule has 1 rings (SSSR count). The number of ether oxygens (including phenoxy) is 2. The number of amides is 1. The van der Waals surface area contributed by atoms with E-state index in [4.69, 9.17) is 9.47 Å². The Morgan fingerprint density at radius 2 is 1.95 bits per heavy atom. The Hall–Kier alpha value is -0.650. The minimum Gasteiger partial charge on any atom is -0.382 e. The van der Waals surface area contributed by atoms with Crippen LogP contribution in [0.2, 0.25) is 0 Å². The van der Waals surface area contributed by atoms with E-state index in [-0.39, 0.29) is 11.9 Å². The van der Waals surface area contributed by atoms with Crippen molar-refractivity contribution in [2.24, 2.45) is 0 Å². The van der Waals surface area contributed by atoms with Crippen LogP contribution in [0.25, 0.3) is 0 Å². The summed E-state index contributed by atoms with van der Waals surface area (Å²) in [5.74, 6) is 0.244. The third-order valence-electron chi connectivity index (χ3n) is 3.39. The standard InChI is InChI=1S/C14H28N2O3/c1-13(14(17)16-8-4-5-9-16)15-7-3-6-10-19-12-11-18-2/h13,15H,3-12H2,1-2H3. The first-order valence-corrected chi connectivity index (χ1v) is 7.34. The summed E-state index contributed by atoms with van der Waals surface area (Å²) < 4.78 is 10.3. The van der Waals surface area contributed by atoms with Crippen LogP contribution in [0.1, 0.15) is 32.6 Å². The number of unbranched alkanes of at least 4 members (excludes halogenated alkanes) is 1. The monoisotopic (exact) mass is 272 g/mol. The number of carbonyl (C=O) groups is 1. The van der Waals surface area contributed by atoms with E-state index >= 15 is 0 Å². The van der Waals surface area contributed by atoms with E-state index in [9.17, 15) is 4.79 Å². The summed E-state index contributed by atoms with van der Waals surface area (Å²) in [5, 5.41) is 3.29. The van der Waals surface area contributed by atoms with Crippen LogP contribution in [-0.2, 0) is 14.3 Å². The van der Waals surface area contributed by atoms with Crippen LogP contribution in [0.3, 0.4) is 0 Å². The molecule has 1 atom stereocenters. The molecule has 1 amide bonds. The maximum Gasteiger partial charge on any atom is 0.239 e. The van der Waals surface area contributed by atoms with Crippen molar-refractivity contribution < 1.29 is 14.3 Å². The van der Waals surface area contributed by atoms with Crippen LogP contribution in [-0.4, -0.2) is 63.4 Å². The molecule has 0 spiro atoms. The Kier molecular flexibility index (Phi) is 8.79. The molecule has 19 heavy (non-hydrogen) atoms. The van der Waals surface area contributed by atoms with Crippen LogP contribution in [0.15, 0.2) is 0 Å². The first-order valence-electron chi connectivity index (χ1n) is 7.34. The Morgan fingerprint density at radius 3 is 2.63 bits per heavy atom. The molecule has 0 radical (unpaired) electrons. The SMILES string of the molecule is COCCOCCCCNC(C)C(=O)N1CCCC1. The summed E-state index contributed by atoms with van der Waals surface area (Å²) in [5.41, 5.74) is 0. The number of rotatable bonds is 10. The third-order valence-corrected chi connectivity index (χ3v) is 3.39. The lowest BCUT2D eigenvalue weighted by atomic mass is 10.2. The van der Waals surface area contributed by atoms with E-state index in [1.807, 2.05) is 11.8 Å². The molecule has 0 saturated carbocycles. The molecule has 0 aromatic heterocycles. The predicted octanol–water partition coefficient (Wildman–Crippen LogP) is 1.03. The molecule has 112 valence electrons. The van der Waals surface area contributed by atoms with Gasteiger partial charge in [0.1, 0.15) is 0 Å². The molecule has 1 aliphatic rings. The van der Waals surface area contributed by atoms with Gasteiger partial charge >= 0.3 is 0 Å². The fraction of sp³-hybridized carbons (Fsp3) is 0.929. The zero-order chi connectivity index (χ0) is 13.9. The van der Waals surface area contributed by atoms with Crippen molar-refractivity contribution in [3.05, 3.63) is 0 Å². The number of nitrogens with one attached hydrogen (secondary N) is 1. The average Bonchev–Trinajstić information content (AvgIpc) is 2.94. The Morgan fingerprint density at radius 1 is 1.21 bits per heavy atom. The summed E-state index contributed by atoms with van der Waals surface area (Å²) in [4.78, 5) is 14.0. The number of methoxy groups -OCH3 is 1. The van der Waals surface area contributed by atoms with Crippen molar-refractivity contribution >= 4 is 5.91 Å². The van der Waals surface area contributed by atoms with Crippen LogP contribution in [0.4, 0.5) is 0 Å². The van der Waals surface area contributed by atoms with Gasteiger partial charge in [-0.25, -0.2) is 0 Å². The van der Waals surface area contributed by atoms with E-state index in [0.717, 1.165) is 51.9 Å². The summed E-state index contributed by atoms with van der Waals surface area (Å²) in [6, 6.07) is -0.0625. The molecule has 1 fully saturated rings. The maximum absolute atomic E-state index is 12.0. The van der Waals surface area contributed by atoms with Gasteiger partial charge in [-0.1, -0.05) is 0 Å². The van der Waals surface area contributed by atoms with Gasteiger partial charge in [0.2, 0.25) is 5.91 Å². The van der Waals surface area contributed by atoms with E-state index < -0.39 is 0 Å². The molecular weight excluding hydrogens is 244 g/mol. The molecule has 1 N–H and O–H groups in total. The van der Waals surface area contributed by atoms with Crippen molar-refractivity contribution in [1.29, 1.82) is 0 Å². The lowest BCUT2D eigenvalue weighted by molar-refractivity contribution is -0.131. The van der Waals surface area contributed by atoms with Gasteiger partial charge in [0.05, 0.1) is 19.3 Å². The summed E-state index contributed by atoms with van der Waals surface area (Å²) >= 11 is 0. The van der Waals surface area contributed by atoms with Gasteiger partial charge in [-0.3, -0.25) is 4.79 Å². The van der Waals surface area contributed by atoms with Crippen LogP contribution < -0.4 is 5.32 Å². The molecule has 5 nitrogen and oxygen atoms in total. The van der Waals surface area contributed by atoms with Crippen molar-refractivity contribution in [1.82, 2.24) is 10.2 Å². The molecule has 0 aromatic carbocycles. The van der Waals surface area contributed by atoms with Gasteiger partial charge in [-0.2, -0.15) is 0 Å². The highest BCUT2D eigenvalue weighted by molar-refractivity contribution is 5.81. The van der Waals surface area contributed by atoms with Crippen molar-refractivity contribution in [3.8, 4) is 0 Å². The zero-order valence-corrected chi connectivity index (χ0v) is 12.3. The van der Waals surface area contributed by atoms with Crippen LogP contribution in [0.5, 0.6) is 0 Å². The number of hydrogen-bond acceptors (Lipinski definition) is 4. The van der Waals surface area contributed by atoms with Crippen LogP contribution >= 0.6 is 0 Å². The summed E-state index contributed by atoms with van der Waals surface area (Å²) in [6.07, 6.45) is 4.35. The molecule has 0 aliphatic carbocycles. The number of nitrogens with zero attached hydrogens (tertiary/aromatic N) is 1. The largest absolute Gasteiger partial charge is 0.382 e. The first-order chi connectivity index (χ1) is 9.25. The highest BCUT2D eigenvalue weighted by atomic mass is 16.5. The number of carbonyl (C=O) groups excluding carboxylic acids is 1. The predicted molar refractivity (Wildman–Crippen MR) is 75.2 cm³/mol. The van der Waals surface area contributed by atoms with Gasteiger partial charge in [-0.15, -0.1) is 0 Å². The van der Waals surface area contributed by atoms with E-state index in [2.05, 4.69) is 5.32 Å². The molecular formula is C14H28N2O3. The maximum atomic E-state index is 12.0. The lowest BCUT2D eigenvalue weighted by Gasteiger charge is -2.21. The first kappa shape index (κ1) is 16.4. The fourth-order valence-electron chi connectivity index (χ4n) is 2.19.